The molecule has 0 spiro atoms. The average molecular weight is 693 g/mol. The molecule has 12 atom stereocenters. The van der Waals surface area contributed by atoms with Crippen molar-refractivity contribution in [3.63, 3.8) is 0 Å². The normalized spacial score (nSPS) is 35.2. The number of carbonyl (C=O) groups is 4. The Morgan fingerprint density at radius 3 is 1.54 bits per heavy atom. The van der Waals surface area contributed by atoms with Crippen molar-refractivity contribution < 1.29 is 68.8 Å². The lowest BCUT2D eigenvalue weighted by Gasteiger charge is -2.39. The molecule has 3 aliphatic heterocycles. The van der Waals surface area contributed by atoms with Crippen molar-refractivity contribution in [2.45, 2.75) is 133 Å². The highest BCUT2D eigenvalue weighted by molar-refractivity contribution is 5.94. The van der Waals surface area contributed by atoms with Crippen LogP contribution in [0.1, 0.15) is 59.3 Å². The molecule has 0 aromatic heterocycles. The summed E-state index contributed by atoms with van der Waals surface area (Å²) in [5, 5.41) is 67.8. The fourth-order valence-corrected chi connectivity index (χ4v) is 5.89. The number of hydrogen-bond donors (Lipinski definition) is 9. The van der Waals surface area contributed by atoms with E-state index in [9.17, 15) is 49.8 Å². The highest BCUT2D eigenvalue weighted by Gasteiger charge is 2.45. The van der Waals surface area contributed by atoms with Crippen LogP contribution in [0.3, 0.4) is 0 Å². The Morgan fingerprint density at radius 1 is 0.667 bits per heavy atom. The number of nitrogens with zero attached hydrogens (tertiary/aromatic N) is 1. The summed E-state index contributed by atoms with van der Waals surface area (Å²) in [5.74, 6) is -1.63. The van der Waals surface area contributed by atoms with Crippen LogP contribution in [0.2, 0.25) is 0 Å². The van der Waals surface area contributed by atoms with Crippen molar-refractivity contribution in [3.8, 4) is 0 Å². The van der Waals surface area contributed by atoms with Crippen molar-refractivity contribution in [1.82, 2.24) is 20.9 Å². The zero-order valence-corrected chi connectivity index (χ0v) is 27.6. The topological polar surface area (TPSA) is 266 Å². The zero-order valence-electron chi connectivity index (χ0n) is 27.6. The molecule has 0 radical (unpaired) electrons. The van der Waals surface area contributed by atoms with Crippen LogP contribution in [-0.4, -0.2) is 166 Å². The monoisotopic (exact) mass is 692 g/mol. The Labute approximate surface area is 279 Å². The summed E-state index contributed by atoms with van der Waals surface area (Å²) in [5.41, 5.74) is 0. The highest BCUT2D eigenvalue weighted by atomic mass is 16.7. The number of nitrogens with one attached hydrogen (secondary N) is 3. The number of ether oxygens (including phenoxy) is 4. The number of hydrogen-bond acceptors (Lipinski definition) is 14. The van der Waals surface area contributed by atoms with Crippen LogP contribution in [0, 0.1) is 0 Å². The first-order valence-corrected chi connectivity index (χ1v) is 16.5. The van der Waals surface area contributed by atoms with Gasteiger partial charge >= 0.3 is 0 Å². The molecule has 0 saturated carbocycles. The molecule has 3 aliphatic rings. The van der Waals surface area contributed by atoms with Crippen LogP contribution in [0.5, 0.6) is 0 Å². The van der Waals surface area contributed by atoms with Crippen LogP contribution in [0.25, 0.3) is 0 Å². The van der Waals surface area contributed by atoms with Crippen molar-refractivity contribution in [2.24, 2.45) is 0 Å². The fourth-order valence-electron chi connectivity index (χ4n) is 5.89. The van der Waals surface area contributed by atoms with E-state index in [4.69, 9.17) is 18.9 Å². The van der Waals surface area contributed by atoms with Crippen LogP contribution < -0.4 is 16.0 Å². The maximum absolute atomic E-state index is 13.4. The zero-order chi connectivity index (χ0) is 35.5. The molecular weight excluding hydrogens is 640 g/mol. The van der Waals surface area contributed by atoms with Crippen molar-refractivity contribution in [2.75, 3.05) is 32.8 Å². The summed E-state index contributed by atoms with van der Waals surface area (Å²) in [6.45, 7) is 4.98. The number of aliphatic hydroxyl groups excluding tert-OH is 6. The lowest BCUT2D eigenvalue weighted by molar-refractivity contribution is -0.292. The molecule has 0 bridgehead atoms. The fraction of sp³-hybridized carbons (Fsp3) is 0.867. The molecule has 276 valence electrons. The maximum Gasteiger partial charge on any atom is 0.242 e. The number of unbranched alkanes of at least 4 members (excludes halogenated alkanes) is 1. The van der Waals surface area contributed by atoms with Gasteiger partial charge in [-0.25, -0.2) is 0 Å². The van der Waals surface area contributed by atoms with Gasteiger partial charge in [0.25, 0.3) is 0 Å². The summed E-state index contributed by atoms with van der Waals surface area (Å²) in [7, 11) is 0. The molecule has 0 aromatic rings. The molecule has 18 heteroatoms. The summed E-state index contributed by atoms with van der Waals surface area (Å²) < 4.78 is 21.7. The summed E-state index contributed by atoms with van der Waals surface area (Å²) in [4.78, 5) is 52.9. The van der Waals surface area contributed by atoms with Gasteiger partial charge in [-0.15, -0.1) is 0 Å². The second-order valence-corrected chi connectivity index (χ2v) is 12.3. The molecule has 1 unspecified atom stereocenters. The van der Waals surface area contributed by atoms with Crippen LogP contribution in [0.4, 0.5) is 0 Å². The first-order valence-electron chi connectivity index (χ1n) is 16.5. The number of amides is 4. The third kappa shape index (κ3) is 10.5. The highest BCUT2D eigenvalue weighted by Crippen LogP contribution is 2.27. The molecule has 3 saturated heterocycles. The van der Waals surface area contributed by atoms with Crippen LogP contribution >= 0.6 is 0 Å². The Bertz CT molecular complexity index is 1010. The molecule has 48 heavy (non-hydrogen) atoms. The quantitative estimate of drug-likeness (QED) is 0.0698. The van der Waals surface area contributed by atoms with Crippen molar-refractivity contribution in [1.29, 1.82) is 0 Å². The molecule has 3 rings (SSSR count). The maximum atomic E-state index is 13.4. The van der Waals surface area contributed by atoms with Crippen molar-refractivity contribution >= 4 is 23.6 Å². The van der Waals surface area contributed by atoms with Gasteiger partial charge in [-0.1, -0.05) is 0 Å². The van der Waals surface area contributed by atoms with E-state index < -0.39 is 91.2 Å². The lowest BCUT2D eigenvalue weighted by Crippen LogP contribution is -2.57. The SMILES string of the molecule is CCNC(=O)CCCCC(=O)N1C(C(=O)NCCO[C@@H]2O[C@@H](C)[C@@H](O)[C@@H](O)[C@@H]2O)CC[C@H]1C(=O)NCCO[C@@H]1O[C@@H](C)[C@@H](O)[C@@H](O)[C@@H]1O. The van der Waals surface area contributed by atoms with Gasteiger partial charge in [0, 0.05) is 32.5 Å². The number of rotatable bonds is 16. The van der Waals surface area contributed by atoms with Crippen LogP contribution in [0.15, 0.2) is 0 Å². The Morgan fingerprint density at radius 2 is 1.10 bits per heavy atom. The number of carbonyl (C=O) groups excluding carboxylic acids is 4. The van der Waals surface area contributed by atoms with E-state index >= 15 is 0 Å². The van der Waals surface area contributed by atoms with Gasteiger partial charge in [0.05, 0.1) is 25.4 Å². The summed E-state index contributed by atoms with van der Waals surface area (Å²) >= 11 is 0. The van der Waals surface area contributed by atoms with Gasteiger partial charge in [-0.2, -0.15) is 0 Å². The molecule has 4 amide bonds. The molecule has 9 N–H and O–H groups in total. The molecule has 3 heterocycles. The van der Waals surface area contributed by atoms with Gasteiger partial charge in [-0.3, -0.25) is 19.2 Å². The molecule has 0 aromatic carbocycles. The minimum Gasteiger partial charge on any atom is -0.388 e. The minimum absolute atomic E-state index is 0.00568. The average Bonchev–Trinajstić information content (AvgIpc) is 3.51. The second kappa shape index (κ2) is 19.0. The van der Waals surface area contributed by atoms with E-state index in [1.165, 1.54) is 18.7 Å². The van der Waals surface area contributed by atoms with E-state index in [1.807, 2.05) is 0 Å². The third-order valence-corrected chi connectivity index (χ3v) is 8.68. The van der Waals surface area contributed by atoms with E-state index in [1.54, 1.807) is 6.92 Å². The predicted molar refractivity (Wildman–Crippen MR) is 163 cm³/mol. The minimum atomic E-state index is -1.50. The van der Waals surface area contributed by atoms with Crippen molar-refractivity contribution in [3.05, 3.63) is 0 Å². The van der Waals surface area contributed by atoms with Gasteiger partial charge < -0.3 is 70.4 Å². The first-order chi connectivity index (χ1) is 22.8. The number of aliphatic hydroxyl groups is 6. The second-order valence-electron chi connectivity index (χ2n) is 12.3. The van der Waals surface area contributed by atoms with Gasteiger partial charge in [0.2, 0.25) is 23.6 Å². The summed E-state index contributed by atoms with van der Waals surface area (Å²) in [6.07, 6.45) is -11.2. The lowest BCUT2D eigenvalue weighted by atomic mass is 10.0. The van der Waals surface area contributed by atoms with E-state index in [2.05, 4.69) is 16.0 Å². The van der Waals surface area contributed by atoms with Gasteiger partial charge in [0.1, 0.15) is 48.7 Å². The molecule has 0 aliphatic carbocycles. The summed E-state index contributed by atoms with van der Waals surface area (Å²) in [6, 6.07) is -1.94. The van der Waals surface area contributed by atoms with E-state index in [-0.39, 0.29) is 57.9 Å². The largest absolute Gasteiger partial charge is 0.388 e. The Hall–Kier alpha value is -2.52. The first kappa shape index (κ1) is 39.9. The van der Waals surface area contributed by atoms with Gasteiger partial charge in [0.15, 0.2) is 12.6 Å². The molecule has 18 nitrogen and oxygen atoms in total. The smallest absolute Gasteiger partial charge is 0.242 e. The van der Waals surface area contributed by atoms with E-state index in [0.717, 1.165) is 0 Å². The predicted octanol–water partition coefficient (Wildman–Crippen LogP) is -4.04. The van der Waals surface area contributed by atoms with Crippen LogP contribution in [-0.2, 0) is 38.1 Å². The Kier molecular flexibility index (Phi) is 15.8. The Balaban J connectivity index is 1.54. The van der Waals surface area contributed by atoms with Gasteiger partial charge in [-0.05, 0) is 46.5 Å². The standard InChI is InChI=1S/C30H52N4O14/c1-4-31-19(35)7-5-6-8-20(36)34-17(27(43)32-11-13-45-29-25(41)23(39)21(37)15(2)47-29)9-10-18(34)28(44)33-12-14-46-30-26(42)24(40)22(38)16(3)48-30/h15-18,21-26,29-30,37-42H,4-14H2,1-3H3,(H,31,35)(H,32,43)(H,33,44)/t15-,16-,17-,18?,21+,22+,23+,24+,25-,26-,29+,30+/m0/s1. The third-order valence-electron chi connectivity index (χ3n) is 8.68. The molecule has 3 fully saturated rings. The van der Waals surface area contributed by atoms with E-state index in [0.29, 0.717) is 19.4 Å². The molecular formula is C30H52N4O14. The number of likely N-dealkylation sites (tertiary alicyclic amines) is 1.